The van der Waals surface area contributed by atoms with Crippen LogP contribution >= 0.6 is 0 Å². The number of nitrogens with zero attached hydrogens (tertiary/aromatic N) is 3. The summed E-state index contributed by atoms with van der Waals surface area (Å²) >= 11 is 0. The number of esters is 1. The van der Waals surface area contributed by atoms with E-state index in [9.17, 15) is 24.3 Å². The van der Waals surface area contributed by atoms with Crippen LogP contribution in [0.15, 0.2) is 42.5 Å². The van der Waals surface area contributed by atoms with Gasteiger partial charge in [-0.05, 0) is 57.7 Å². The third-order valence-electron chi connectivity index (χ3n) is 6.53. The Morgan fingerprint density at radius 2 is 1.68 bits per heavy atom. The Kier molecular flexibility index (Phi) is 10.6. The second-order valence-corrected chi connectivity index (χ2v) is 11.0. The van der Waals surface area contributed by atoms with E-state index in [0.29, 0.717) is 5.69 Å². The van der Waals surface area contributed by atoms with Gasteiger partial charge in [0.05, 0.1) is 5.69 Å². The number of aromatic nitrogens is 1. The molecule has 0 bridgehead atoms. The fourth-order valence-corrected chi connectivity index (χ4v) is 4.47. The number of nitrogens with one attached hydrogen (secondary N) is 1. The number of piperazine rings is 1. The molecule has 1 aromatic heterocycles. The van der Waals surface area contributed by atoms with Crippen LogP contribution in [-0.4, -0.2) is 81.6 Å². The summed E-state index contributed by atoms with van der Waals surface area (Å²) in [4.78, 5) is 58.1. The number of hydrogen-bond acceptors (Lipinski definition) is 6. The van der Waals surface area contributed by atoms with Crippen molar-refractivity contribution in [2.75, 3.05) is 26.2 Å². The number of carbonyl (C=O) groups is 4. The first-order valence-corrected chi connectivity index (χ1v) is 13.8. The summed E-state index contributed by atoms with van der Waals surface area (Å²) in [5.74, 6) is -1.35. The van der Waals surface area contributed by atoms with Crippen LogP contribution in [0.3, 0.4) is 0 Å². The van der Waals surface area contributed by atoms with Crippen molar-refractivity contribution in [2.24, 2.45) is 0 Å². The molecular formula is C30H40N4O6. The highest BCUT2D eigenvalue weighted by molar-refractivity contribution is 5.97. The summed E-state index contributed by atoms with van der Waals surface area (Å²) in [7, 11) is 0. The molecule has 3 rings (SSSR count). The molecule has 1 aliphatic heterocycles. The summed E-state index contributed by atoms with van der Waals surface area (Å²) in [6, 6.07) is 12.3. The highest BCUT2D eigenvalue weighted by Crippen LogP contribution is 2.21. The molecule has 2 N–H and O–H groups in total. The number of carboxylic acid groups (broad SMARTS) is 1. The van der Waals surface area contributed by atoms with Gasteiger partial charge in [0.15, 0.2) is 0 Å². The molecule has 1 atom stereocenters. The normalized spacial score (nSPS) is 14.4. The smallest absolute Gasteiger partial charge is 0.407 e. The number of rotatable bonds is 10. The third-order valence-corrected chi connectivity index (χ3v) is 6.53. The molecule has 2 aromatic rings. The van der Waals surface area contributed by atoms with Crippen molar-refractivity contribution in [1.82, 2.24) is 20.1 Å². The zero-order valence-electron chi connectivity index (χ0n) is 23.8. The summed E-state index contributed by atoms with van der Waals surface area (Å²) in [5, 5.41) is 12.1. The predicted molar refractivity (Wildman–Crippen MR) is 151 cm³/mol. The molecule has 1 saturated heterocycles. The number of benzene rings is 1. The molecule has 10 nitrogen and oxygen atoms in total. The molecule has 0 radical (unpaired) electrons. The van der Waals surface area contributed by atoms with Crippen molar-refractivity contribution < 1.29 is 29.0 Å². The van der Waals surface area contributed by atoms with Crippen molar-refractivity contribution in [2.45, 2.75) is 71.4 Å². The van der Waals surface area contributed by atoms with Crippen LogP contribution in [0.4, 0.5) is 4.79 Å². The maximum absolute atomic E-state index is 13.5. The van der Waals surface area contributed by atoms with Crippen LogP contribution in [-0.2, 0) is 20.7 Å². The van der Waals surface area contributed by atoms with Gasteiger partial charge in [-0.15, -0.1) is 0 Å². The van der Waals surface area contributed by atoms with Crippen LogP contribution in [0.25, 0.3) is 11.3 Å². The minimum atomic E-state index is -1.04. The van der Waals surface area contributed by atoms with Crippen molar-refractivity contribution >= 4 is 23.9 Å². The molecule has 3 amide bonds. The number of carbonyl (C=O) groups excluding carboxylic acids is 3. The fourth-order valence-electron chi connectivity index (χ4n) is 4.47. The lowest BCUT2D eigenvalue weighted by atomic mass is 10.0. The lowest BCUT2D eigenvalue weighted by molar-refractivity contribution is -0.155. The summed E-state index contributed by atoms with van der Waals surface area (Å²) < 4.78 is 5.40. The maximum Gasteiger partial charge on any atom is 0.407 e. The average molecular weight is 553 g/mol. The topological polar surface area (TPSA) is 129 Å². The van der Waals surface area contributed by atoms with E-state index in [1.807, 2.05) is 36.4 Å². The van der Waals surface area contributed by atoms with E-state index in [-0.39, 0.29) is 50.6 Å². The van der Waals surface area contributed by atoms with Crippen LogP contribution in [0.2, 0.25) is 0 Å². The second kappa shape index (κ2) is 13.9. The molecule has 0 saturated carbocycles. The van der Waals surface area contributed by atoms with Crippen LogP contribution in [0.1, 0.15) is 69.4 Å². The first-order chi connectivity index (χ1) is 19.0. The second-order valence-electron chi connectivity index (χ2n) is 11.0. The maximum atomic E-state index is 13.5. The van der Waals surface area contributed by atoms with E-state index in [1.165, 1.54) is 9.80 Å². The number of unbranched alkanes of at least 4 members (excludes halogenated alkanes) is 1. The van der Waals surface area contributed by atoms with Crippen LogP contribution in [0.5, 0.6) is 0 Å². The van der Waals surface area contributed by atoms with Gasteiger partial charge in [0.25, 0.3) is 5.91 Å². The van der Waals surface area contributed by atoms with Crippen molar-refractivity contribution in [3.8, 4) is 11.3 Å². The fraction of sp³-hybridized carbons (Fsp3) is 0.500. The quantitative estimate of drug-likeness (QED) is 0.424. The summed E-state index contributed by atoms with van der Waals surface area (Å²) in [6.07, 6.45) is 1.68. The Bertz CT molecular complexity index is 1190. The van der Waals surface area contributed by atoms with Gasteiger partial charge >= 0.3 is 12.1 Å². The number of ether oxygens (including phenoxy) is 1. The first kappa shape index (κ1) is 30.6. The van der Waals surface area contributed by atoms with Gasteiger partial charge in [-0.1, -0.05) is 43.7 Å². The molecule has 1 fully saturated rings. The van der Waals surface area contributed by atoms with Crippen molar-refractivity contribution in [1.29, 1.82) is 0 Å². The van der Waals surface area contributed by atoms with Gasteiger partial charge in [0.1, 0.15) is 17.3 Å². The summed E-state index contributed by atoms with van der Waals surface area (Å²) in [5.41, 5.74) is 2.04. The van der Waals surface area contributed by atoms with E-state index in [0.717, 1.165) is 30.4 Å². The Morgan fingerprint density at radius 3 is 2.27 bits per heavy atom. The summed E-state index contributed by atoms with van der Waals surface area (Å²) in [6.45, 7) is 8.14. The SMILES string of the molecule is CCCCc1cc(C(=O)N[C@@H](CCC(=O)OC(C)(C)C)C(=O)N2CCN(C(=O)O)CC2)nc(-c2ccccc2)c1. The van der Waals surface area contributed by atoms with E-state index in [4.69, 9.17) is 4.74 Å². The lowest BCUT2D eigenvalue weighted by Crippen LogP contribution is -2.55. The van der Waals surface area contributed by atoms with Gasteiger partial charge in [-0.3, -0.25) is 14.4 Å². The highest BCUT2D eigenvalue weighted by Gasteiger charge is 2.31. The highest BCUT2D eigenvalue weighted by atomic mass is 16.6. The van der Waals surface area contributed by atoms with E-state index < -0.39 is 29.6 Å². The Morgan fingerprint density at radius 1 is 1.02 bits per heavy atom. The monoisotopic (exact) mass is 552 g/mol. The Balaban J connectivity index is 1.83. The number of amides is 3. The minimum absolute atomic E-state index is 0.0414. The number of aryl methyl sites for hydroxylation is 1. The molecule has 2 heterocycles. The van der Waals surface area contributed by atoms with Crippen LogP contribution in [0, 0.1) is 0 Å². The molecule has 0 spiro atoms. The Hall–Kier alpha value is -3.95. The number of pyridine rings is 1. The van der Waals surface area contributed by atoms with Gasteiger partial charge in [-0.2, -0.15) is 0 Å². The van der Waals surface area contributed by atoms with Gasteiger partial charge < -0.3 is 25.0 Å². The molecule has 40 heavy (non-hydrogen) atoms. The molecule has 216 valence electrons. The van der Waals surface area contributed by atoms with Gasteiger partial charge in [-0.25, -0.2) is 9.78 Å². The van der Waals surface area contributed by atoms with E-state index in [2.05, 4.69) is 17.2 Å². The first-order valence-electron chi connectivity index (χ1n) is 13.8. The third kappa shape index (κ3) is 9.07. The van der Waals surface area contributed by atoms with Gasteiger partial charge in [0.2, 0.25) is 5.91 Å². The molecule has 10 heteroatoms. The molecular weight excluding hydrogens is 512 g/mol. The van der Waals surface area contributed by atoms with Crippen molar-refractivity contribution in [3.63, 3.8) is 0 Å². The average Bonchev–Trinajstić information content (AvgIpc) is 2.93. The van der Waals surface area contributed by atoms with Crippen molar-refractivity contribution in [3.05, 3.63) is 53.7 Å². The zero-order valence-corrected chi connectivity index (χ0v) is 23.8. The van der Waals surface area contributed by atoms with Crippen LogP contribution < -0.4 is 5.32 Å². The predicted octanol–water partition coefficient (Wildman–Crippen LogP) is 4.13. The standard InChI is InChI=1S/C30H40N4O6/c1-5-6-10-21-19-24(22-11-8-7-9-12-22)31-25(20-21)27(36)32-23(13-14-26(35)40-30(2,3)4)28(37)33-15-17-34(18-16-33)29(38)39/h7-9,11-12,19-20,23H,5-6,10,13-18H2,1-4H3,(H,32,36)(H,38,39)/t23-/m0/s1. The van der Waals surface area contributed by atoms with Gasteiger partial charge in [0, 0.05) is 38.2 Å². The molecule has 0 aliphatic carbocycles. The van der Waals surface area contributed by atoms with E-state index >= 15 is 0 Å². The largest absolute Gasteiger partial charge is 0.465 e. The minimum Gasteiger partial charge on any atom is -0.465 e. The Labute approximate surface area is 235 Å². The molecule has 1 aliphatic rings. The molecule has 0 unspecified atom stereocenters. The number of hydrogen-bond donors (Lipinski definition) is 2. The zero-order chi connectivity index (χ0) is 29.3. The lowest BCUT2D eigenvalue weighted by Gasteiger charge is -2.35. The molecule has 1 aromatic carbocycles. The van der Waals surface area contributed by atoms with E-state index in [1.54, 1.807) is 26.8 Å².